The van der Waals surface area contributed by atoms with Crippen LogP contribution in [-0.2, 0) is 4.79 Å². The van der Waals surface area contributed by atoms with E-state index in [2.05, 4.69) is 29.7 Å². The third-order valence-electron chi connectivity index (χ3n) is 7.50. The number of pyridine rings is 1. The van der Waals surface area contributed by atoms with Crippen LogP contribution in [0, 0.1) is 41.4 Å². The number of anilines is 1. The second kappa shape index (κ2) is 12.3. The molecule has 4 rings (SSSR count). The lowest BCUT2D eigenvalue weighted by Crippen LogP contribution is -2.47. The number of ether oxygens (including phenoxy) is 1. The number of carboxylic acids is 1. The summed E-state index contributed by atoms with van der Waals surface area (Å²) in [6.07, 6.45) is 12.1. The number of aromatic nitrogens is 1. The summed E-state index contributed by atoms with van der Waals surface area (Å²) in [5, 5.41) is 10.1. The summed E-state index contributed by atoms with van der Waals surface area (Å²) in [4.78, 5) is 33.5. The molecule has 206 valence electrons. The molecule has 0 atom stereocenters. The highest BCUT2D eigenvalue weighted by Crippen LogP contribution is 2.39. The van der Waals surface area contributed by atoms with Gasteiger partial charge < -0.3 is 14.7 Å². The smallest absolute Gasteiger partial charge is 0.348 e. The molecule has 2 saturated carbocycles. The molecule has 0 unspecified atom stereocenters. The van der Waals surface area contributed by atoms with Gasteiger partial charge in [0.05, 0.1) is 10.6 Å². The van der Waals surface area contributed by atoms with Crippen LogP contribution < -0.4 is 9.64 Å². The lowest BCUT2D eigenvalue weighted by atomic mass is 9.81. The molecule has 2 aliphatic rings. The van der Waals surface area contributed by atoms with Crippen molar-refractivity contribution in [3.8, 4) is 30.1 Å². The molecule has 0 spiro atoms. The molecule has 2 aliphatic carbocycles. The van der Waals surface area contributed by atoms with Gasteiger partial charge >= 0.3 is 5.97 Å². The zero-order chi connectivity index (χ0) is 28.2. The quantitative estimate of drug-likeness (QED) is 0.405. The number of carbonyl (C=O) groups is 2. The van der Waals surface area contributed by atoms with Crippen LogP contribution in [0.2, 0.25) is 0 Å². The number of amides is 1. The van der Waals surface area contributed by atoms with Crippen molar-refractivity contribution >= 4 is 28.9 Å². The van der Waals surface area contributed by atoms with E-state index in [0.29, 0.717) is 40.9 Å². The van der Waals surface area contributed by atoms with E-state index >= 15 is 0 Å². The molecule has 39 heavy (non-hydrogen) atoms. The Morgan fingerprint density at radius 1 is 1.10 bits per heavy atom. The van der Waals surface area contributed by atoms with Gasteiger partial charge in [-0.05, 0) is 90.2 Å². The molecular formula is C32H38N2O4S. The molecule has 7 heteroatoms. The fraction of sp³-hybridized carbons (Fsp3) is 0.531. The zero-order valence-corrected chi connectivity index (χ0v) is 24.1. The third-order valence-corrected chi connectivity index (χ3v) is 8.52. The van der Waals surface area contributed by atoms with E-state index in [1.54, 1.807) is 12.1 Å². The highest BCUT2D eigenvalue weighted by molar-refractivity contribution is 7.15. The van der Waals surface area contributed by atoms with Crippen LogP contribution in [0.15, 0.2) is 24.3 Å². The number of aromatic carboxylic acids is 1. The number of thiophene rings is 1. The minimum absolute atomic E-state index is 0.0381. The normalized spacial score (nSPS) is 23.2. The first-order chi connectivity index (χ1) is 18.5. The first kappa shape index (κ1) is 28.7. The van der Waals surface area contributed by atoms with E-state index in [9.17, 15) is 14.7 Å². The summed E-state index contributed by atoms with van der Waals surface area (Å²) in [7, 11) is 0. The summed E-state index contributed by atoms with van der Waals surface area (Å²) < 4.78 is 6.13. The maximum absolute atomic E-state index is 14.1. The number of carboxylic acid groups (broad SMARTS) is 1. The highest BCUT2D eigenvalue weighted by Gasteiger charge is 2.38. The molecular weight excluding hydrogens is 508 g/mol. The maximum atomic E-state index is 14.1. The fourth-order valence-corrected chi connectivity index (χ4v) is 6.22. The monoisotopic (exact) mass is 546 g/mol. The van der Waals surface area contributed by atoms with Crippen LogP contribution in [-0.4, -0.2) is 34.1 Å². The molecule has 0 saturated heterocycles. The number of hydrogen-bond donors (Lipinski definition) is 1. The summed E-state index contributed by atoms with van der Waals surface area (Å²) in [6, 6.07) is 7.11. The van der Waals surface area contributed by atoms with Gasteiger partial charge in [-0.25, -0.2) is 9.78 Å². The van der Waals surface area contributed by atoms with Gasteiger partial charge in [0.1, 0.15) is 16.7 Å². The zero-order valence-electron chi connectivity index (χ0n) is 23.3. The topological polar surface area (TPSA) is 79.7 Å². The minimum atomic E-state index is -1.02. The molecule has 2 fully saturated rings. The lowest BCUT2D eigenvalue weighted by molar-refractivity contribution is -0.124. The van der Waals surface area contributed by atoms with E-state index in [1.165, 1.54) is 0 Å². The molecule has 0 aromatic carbocycles. The highest BCUT2D eigenvalue weighted by atomic mass is 32.1. The van der Waals surface area contributed by atoms with Crippen LogP contribution in [0.1, 0.15) is 99.3 Å². The van der Waals surface area contributed by atoms with Crippen molar-refractivity contribution in [1.82, 2.24) is 4.98 Å². The second-order valence-electron chi connectivity index (χ2n) is 11.8. The summed E-state index contributed by atoms with van der Waals surface area (Å²) in [6.45, 7) is 8.29. The average Bonchev–Trinajstić information content (AvgIpc) is 3.33. The van der Waals surface area contributed by atoms with E-state index in [1.807, 2.05) is 37.8 Å². The Morgan fingerprint density at radius 3 is 2.41 bits per heavy atom. The average molecular weight is 547 g/mol. The van der Waals surface area contributed by atoms with Gasteiger partial charge in [0.2, 0.25) is 11.8 Å². The first-order valence-electron chi connectivity index (χ1n) is 13.9. The van der Waals surface area contributed by atoms with E-state index < -0.39 is 5.97 Å². The minimum Gasteiger partial charge on any atom is -0.477 e. The van der Waals surface area contributed by atoms with Gasteiger partial charge in [-0.1, -0.05) is 30.8 Å². The van der Waals surface area contributed by atoms with Crippen LogP contribution in [0.4, 0.5) is 5.69 Å². The van der Waals surface area contributed by atoms with Crippen molar-refractivity contribution < 1.29 is 19.4 Å². The second-order valence-corrected chi connectivity index (χ2v) is 12.9. The number of rotatable bonds is 6. The number of nitrogens with zero attached hydrogens (tertiary/aromatic N) is 2. The lowest BCUT2D eigenvalue weighted by Gasteiger charge is -2.39. The Balaban J connectivity index is 1.60. The van der Waals surface area contributed by atoms with E-state index in [0.717, 1.165) is 49.9 Å². The third kappa shape index (κ3) is 7.43. The number of hydrogen-bond acceptors (Lipinski definition) is 5. The largest absolute Gasteiger partial charge is 0.477 e. The SMILES string of the molecule is C#Cc1cccc(OC2CCC(N(c3cc(C#CC(C)(C)C)sc3C(=O)O)C(=O)[C@H]3CC[C@H](C)CC3)CC2)n1. The standard InChI is InChI=1S/C32H38N2O4S/c1-6-23-8-7-9-28(33-23)38-25-16-14-24(15-17-25)34(30(35)22-12-10-21(2)11-13-22)27-20-26(18-19-32(3,4)5)39-29(27)31(36)37/h1,7-9,20-22,24-25H,10-17H2,2-5H3,(H,36,37)/t21-,22-,24?,25?. The Bertz CT molecular complexity index is 1290. The van der Waals surface area contributed by atoms with Crippen molar-refractivity contribution in [3.05, 3.63) is 39.7 Å². The molecule has 2 aromatic rings. The van der Waals surface area contributed by atoms with Crippen molar-refractivity contribution in [2.24, 2.45) is 17.3 Å². The molecule has 1 N–H and O–H groups in total. The van der Waals surface area contributed by atoms with Crippen molar-refractivity contribution in [1.29, 1.82) is 0 Å². The molecule has 0 bridgehead atoms. The Morgan fingerprint density at radius 2 is 1.79 bits per heavy atom. The summed E-state index contributed by atoms with van der Waals surface area (Å²) in [5.74, 6) is 8.95. The van der Waals surface area contributed by atoms with Crippen LogP contribution in [0.25, 0.3) is 0 Å². The predicted molar refractivity (Wildman–Crippen MR) is 155 cm³/mol. The Kier molecular flexibility index (Phi) is 9.03. The van der Waals surface area contributed by atoms with Gasteiger partial charge in [-0.3, -0.25) is 4.79 Å². The van der Waals surface area contributed by atoms with Crippen molar-refractivity contribution in [2.45, 2.75) is 91.2 Å². The predicted octanol–water partition coefficient (Wildman–Crippen LogP) is 6.77. The molecule has 2 heterocycles. The fourth-order valence-electron chi connectivity index (χ4n) is 5.38. The first-order valence-corrected chi connectivity index (χ1v) is 14.7. The van der Waals surface area contributed by atoms with Gasteiger partial charge in [0.25, 0.3) is 0 Å². The van der Waals surface area contributed by atoms with Crippen molar-refractivity contribution in [3.63, 3.8) is 0 Å². The molecule has 6 nitrogen and oxygen atoms in total. The number of carbonyl (C=O) groups excluding carboxylic acids is 1. The van der Waals surface area contributed by atoms with E-state index in [4.69, 9.17) is 11.2 Å². The van der Waals surface area contributed by atoms with Gasteiger partial charge in [-0.15, -0.1) is 17.8 Å². The van der Waals surface area contributed by atoms with Gasteiger partial charge in [-0.2, -0.15) is 0 Å². The van der Waals surface area contributed by atoms with Crippen LogP contribution in [0.3, 0.4) is 0 Å². The Hall–Kier alpha value is -3.29. The van der Waals surface area contributed by atoms with Gasteiger partial charge in [0, 0.05) is 23.4 Å². The summed E-state index contributed by atoms with van der Waals surface area (Å²) in [5.41, 5.74) is 0.806. The molecule has 2 aromatic heterocycles. The van der Waals surface area contributed by atoms with Crippen LogP contribution >= 0.6 is 11.3 Å². The Labute approximate surface area is 236 Å². The number of terminal acetylenes is 1. The molecule has 0 radical (unpaired) electrons. The van der Waals surface area contributed by atoms with E-state index in [-0.39, 0.29) is 34.3 Å². The van der Waals surface area contributed by atoms with Crippen molar-refractivity contribution in [2.75, 3.05) is 4.90 Å². The molecule has 1 amide bonds. The van der Waals surface area contributed by atoms with Gasteiger partial charge in [0.15, 0.2) is 0 Å². The van der Waals surface area contributed by atoms with Crippen LogP contribution in [0.5, 0.6) is 5.88 Å². The molecule has 0 aliphatic heterocycles. The summed E-state index contributed by atoms with van der Waals surface area (Å²) >= 11 is 1.15. The maximum Gasteiger partial charge on any atom is 0.348 e.